The minimum absolute atomic E-state index is 0.313. The van der Waals surface area contributed by atoms with Crippen molar-refractivity contribution in [3.05, 3.63) is 42.2 Å². The SMILES string of the molecule is CCOC(=O)c1cccc(Nc2cnn(C)c2)c1. The third kappa shape index (κ3) is 2.88. The van der Waals surface area contributed by atoms with Crippen LogP contribution < -0.4 is 5.32 Å². The fourth-order valence-corrected chi connectivity index (χ4v) is 1.59. The molecular formula is C13H15N3O2. The molecule has 0 spiro atoms. The maximum Gasteiger partial charge on any atom is 0.338 e. The van der Waals surface area contributed by atoms with Crippen LogP contribution in [0.4, 0.5) is 11.4 Å². The quantitative estimate of drug-likeness (QED) is 0.840. The molecule has 0 amide bonds. The van der Waals surface area contributed by atoms with Gasteiger partial charge in [0.2, 0.25) is 0 Å². The van der Waals surface area contributed by atoms with Crippen molar-refractivity contribution < 1.29 is 9.53 Å². The molecule has 5 nitrogen and oxygen atoms in total. The number of hydrogen-bond acceptors (Lipinski definition) is 4. The lowest BCUT2D eigenvalue weighted by Gasteiger charge is -2.06. The van der Waals surface area contributed by atoms with Crippen LogP contribution in [-0.2, 0) is 11.8 Å². The van der Waals surface area contributed by atoms with Gasteiger partial charge in [0, 0.05) is 18.9 Å². The van der Waals surface area contributed by atoms with Crippen molar-refractivity contribution in [3.63, 3.8) is 0 Å². The number of nitrogens with zero attached hydrogens (tertiary/aromatic N) is 2. The summed E-state index contributed by atoms with van der Waals surface area (Å²) in [6, 6.07) is 7.18. The van der Waals surface area contributed by atoms with Gasteiger partial charge in [-0.3, -0.25) is 4.68 Å². The highest BCUT2D eigenvalue weighted by Crippen LogP contribution is 2.17. The molecular weight excluding hydrogens is 230 g/mol. The summed E-state index contributed by atoms with van der Waals surface area (Å²) < 4.78 is 6.66. The first kappa shape index (κ1) is 12.2. The van der Waals surface area contributed by atoms with E-state index in [0.29, 0.717) is 12.2 Å². The first-order valence-corrected chi connectivity index (χ1v) is 5.72. The van der Waals surface area contributed by atoms with E-state index in [-0.39, 0.29) is 5.97 Å². The van der Waals surface area contributed by atoms with Crippen molar-refractivity contribution in [2.45, 2.75) is 6.92 Å². The molecule has 0 atom stereocenters. The monoisotopic (exact) mass is 245 g/mol. The predicted molar refractivity (Wildman–Crippen MR) is 68.9 cm³/mol. The molecule has 0 saturated carbocycles. The van der Waals surface area contributed by atoms with Crippen molar-refractivity contribution in [2.75, 3.05) is 11.9 Å². The molecule has 2 rings (SSSR count). The van der Waals surface area contributed by atoms with E-state index in [2.05, 4.69) is 10.4 Å². The maximum absolute atomic E-state index is 11.6. The minimum Gasteiger partial charge on any atom is -0.462 e. The van der Waals surface area contributed by atoms with Crippen LogP contribution in [0.15, 0.2) is 36.7 Å². The maximum atomic E-state index is 11.6. The second kappa shape index (κ2) is 5.35. The van der Waals surface area contributed by atoms with E-state index in [1.165, 1.54) is 0 Å². The van der Waals surface area contributed by atoms with Crippen molar-refractivity contribution in [2.24, 2.45) is 7.05 Å². The van der Waals surface area contributed by atoms with Crippen LogP contribution in [0.25, 0.3) is 0 Å². The summed E-state index contributed by atoms with van der Waals surface area (Å²) in [5.41, 5.74) is 2.23. The van der Waals surface area contributed by atoms with Crippen molar-refractivity contribution in [3.8, 4) is 0 Å². The summed E-state index contributed by atoms with van der Waals surface area (Å²) in [7, 11) is 1.85. The Bertz CT molecular complexity index is 549. The Balaban J connectivity index is 2.14. The molecule has 94 valence electrons. The van der Waals surface area contributed by atoms with Crippen LogP contribution in [-0.4, -0.2) is 22.4 Å². The number of ether oxygens (including phenoxy) is 1. The van der Waals surface area contributed by atoms with E-state index < -0.39 is 0 Å². The van der Waals surface area contributed by atoms with Gasteiger partial charge in [-0.05, 0) is 25.1 Å². The molecule has 5 heteroatoms. The molecule has 0 radical (unpaired) electrons. The Kier molecular flexibility index (Phi) is 3.62. The average Bonchev–Trinajstić information content (AvgIpc) is 2.75. The first-order valence-electron chi connectivity index (χ1n) is 5.72. The van der Waals surface area contributed by atoms with Gasteiger partial charge in [-0.25, -0.2) is 4.79 Å². The van der Waals surface area contributed by atoms with Gasteiger partial charge in [-0.2, -0.15) is 5.10 Å². The molecule has 1 N–H and O–H groups in total. The van der Waals surface area contributed by atoms with Gasteiger partial charge in [0.05, 0.1) is 24.1 Å². The Labute approximate surface area is 105 Å². The van der Waals surface area contributed by atoms with Gasteiger partial charge in [0.25, 0.3) is 0 Å². The highest BCUT2D eigenvalue weighted by atomic mass is 16.5. The second-order valence-corrected chi connectivity index (χ2v) is 3.83. The fourth-order valence-electron chi connectivity index (χ4n) is 1.59. The number of carbonyl (C=O) groups is 1. The van der Waals surface area contributed by atoms with Crippen LogP contribution in [0.1, 0.15) is 17.3 Å². The van der Waals surface area contributed by atoms with Gasteiger partial charge in [0.1, 0.15) is 0 Å². The van der Waals surface area contributed by atoms with Gasteiger partial charge in [-0.1, -0.05) is 6.07 Å². The summed E-state index contributed by atoms with van der Waals surface area (Å²) in [6.07, 6.45) is 3.58. The number of aryl methyl sites for hydroxylation is 1. The standard InChI is InChI=1S/C13H15N3O2/c1-3-18-13(17)10-5-4-6-11(7-10)15-12-8-14-16(2)9-12/h4-9,15H,3H2,1-2H3. The zero-order valence-electron chi connectivity index (χ0n) is 10.4. The largest absolute Gasteiger partial charge is 0.462 e. The number of benzene rings is 1. The molecule has 2 aromatic rings. The molecule has 0 aliphatic heterocycles. The Hall–Kier alpha value is -2.30. The number of carbonyl (C=O) groups excluding carboxylic acids is 1. The highest BCUT2D eigenvalue weighted by molar-refractivity contribution is 5.90. The third-order valence-electron chi connectivity index (χ3n) is 2.37. The van der Waals surface area contributed by atoms with Crippen molar-refractivity contribution in [1.29, 1.82) is 0 Å². The number of rotatable bonds is 4. The Morgan fingerprint density at radius 1 is 1.44 bits per heavy atom. The van der Waals surface area contributed by atoms with Gasteiger partial charge < -0.3 is 10.1 Å². The zero-order chi connectivity index (χ0) is 13.0. The number of esters is 1. The summed E-state index contributed by atoms with van der Waals surface area (Å²) in [6.45, 7) is 2.16. The molecule has 0 aliphatic rings. The molecule has 0 unspecified atom stereocenters. The van der Waals surface area contributed by atoms with Crippen LogP contribution in [0.3, 0.4) is 0 Å². The lowest BCUT2D eigenvalue weighted by atomic mass is 10.2. The van der Waals surface area contributed by atoms with Gasteiger partial charge in [0.15, 0.2) is 0 Å². The summed E-state index contributed by atoms with van der Waals surface area (Å²) in [4.78, 5) is 11.6. The molecule has 1 aromatic carbocycles. The van der Waals surface area contributed by atoms with Crippen molar-refractivity contribution in [1.82, 2.24) is 9.78 Å². The smallest absolute Gasteiger partial charge is 0.338 e. The first-order chi connectivity index (χ1) is 8.69. The van der Waals surface area contributed by atoms with Gasteiger partial charge >= 0.3 is 5.97 Å². The molecule has 0 saturated heterocycles. The van der Waals surface area contributed by atoms with Crippen molar-refractivity contribution >= 4 is 17.3 Å². The van der Waals surface area contributed by atoms with E-state index in [1.807, 2.05) is 25.4 Å². The third-order valence-corrected chi connectivity index (χ3v) is 2.37. The number of nitrogens with one attached hydrogen (secondary N) is 1. The van der Waals surface area contributed by atoms with E-state index in [1.54, 1.807) is 29.9 Å². The average molecular weight is 245 g/mol. The minimum atomic E-state index is -0.313. The normalized spacial score (nSPS) is 10.1. The van der Waals surface area contributed by atoms with Crippen LogP contribution in [0.5, 0.6) is 0 Å². The lowest BCUT2D eigenvalue weighted by Crippen LogP contribution is -2.04. The highest BCUT2D eigenvalue weighted by Gasteiger charge is 2.06. The number of aromatic nitrogens is 2. The zero-order valence-corrected chi connectivity index (χ0v) is 10.4. The predicted octanol–water partition coefficient (Wildman–Crippen LogP) is 2.34. The molecule has 1 aromatic heterocycles. The van der Waals surface area contributed by atoms with Crippen LogP contribution in [0, 0.1) is 0 Å². The van der Waals surface area contributed by atoms with E-state index >= 15 is 0 Å². The van der Waals surface area contributed by atoms with E-state index in [0.717, 1.165) is 11.4 Å². The topological polar surface area (TPSA) is 56.1 Å². The number of anilines is 2. The number of hydrogen-bond donors (Lipinski definition) is 1. The lowest BCUT2D eigenvalue weighted by molar-refractivity contribution is 0.0526. The van der Waals surface area contributed by atoms with E-state index in [4.69, 9.17) is 4.74 Å². The van der Waals surface area contributed by atoms with Gasteiger partial charge in [-0.15, -0.1) is 0 Å². The fraction of sp³-hybridized carbons (Fsp3) is 0.231. The van der Waals surface area contributed by atoms with Crippen LogP contribution >= 0.6 is 0 Å². The molecule has 0 fully saturated rings. The molecule has 18 heavy (non-hydrogen) atoms. The molecule has 0 aliphatic carbocycles. The molecule has 1 heterocycles. The Morgan fingerprint density at radius 3 is 2.94 bits per heavy atom. The van der Waals surface area contributed by atoms with E-state index in [9.17, 15) is 4.79 Å². The summed E-state index contributed by atoms with van der Waals surface area (Å²) >= 11 is 0. The summed E-state index contributed by atoms with van der Waals surface area (Å²) in [5, 5.41) is 7.23. The summed E-state index contributed by atoms with van der Waals surface area (Å²) in [5.74, 6) is -0.313. The van der Waals surface area contributed by atoms with Crippen LogP contribution in [0.2, 0.25) is 0 Å². The molecule has 0 bridgehead atoms. The Morgan fingerprint density at radius 2 is 2.28 bits per heavy atom. The second-order valence-electron chi connectivity index (χ2n) is 3.83.